The van der Waals surface area contributed by atoms with Crippen molar-refractivity contribution in [3.05, 3.63) is 54.6 Å². The van der Waals surface area contributed by atoms with E-state index in [4.69, 9.17) is 5.73 Å². The summed E-state index contributed by atoms with van der Waals surface area (Å²) in [6, 6.07) is 11.9. The van der Waals surface area contributed by atoms with E-state index in [1.54, 1.807) is 6.20 Å². The normalized spacial score (nSPS) is 10.4. The summed E-state index contributed by atoms with van der Waals surface area (Å²) in [7, 11) is 0. The highest BCUT2D eigenvalue weighted by molar-refractivity contribution is 5.70. The Hall–Kier alpha value is -2.03. The predicted octanol–water partition coefficient (Wildman–Crippen LogP) is 4.15. The molecule has 0 aliphatic carbocycles. The lowest BCUT2D eigenvalue weighted by atomic mass is 10.1. The van der Waals surface area contributed by atoms with Crippen molar-refractivity contribution in [1.82, 2.24) is 4.98 Å². The number of unbranched alkanes of at least 4 members (excludes halogenated alkanes) is 2. The number of anilines is 3. The van der Waals surface area contributed by atoms with E-state index in [1.165, 1.54) is 18.4 Å². The van der Waals surface area contributed by atoms with Crippen molar-refractivity contribution < 1.29 is 0 Å². The Morgan fingerprint density at radius 2 is 2.05 bits per heavy atom. The van der Waals surface area contributed by atoms with Crippen LogP contribution in [0.25, 0.3) is 0 Å². The Morgan fingerprint density at radius 3 is 2.84 bits per heavy atom. The smallest absolute Gasteiger partial charge is 0.153 e. The lowest BCUT2D eigenvalue weighted by molar-refractivity contribution is 0.791. The Labute approximate surface area is 114 Å². The Bertz CT molecular complexity index is 523. The van der Waals surface area contributed by atoms with Gasteiger partial charge in [-0.25, -0.2) is 4.98 Å². The van der Waals surface area contributed by atoms with Crippen molar-refractivity contribution in [3.8, 4) is 0 Å². The maximum absolute atomic E-state index is 5.90. The molecule has 1 aromatic heterocycles. The average molecular weight is 254 g/mol. The van der Waals surface area contributed by atoms with E-state index >= 15 is 0 Å². The van der Waals surface area contributed by atoms with Crippen molar-refractivity contribution in [3.63, 3.8) is 0 Å². The van der Waals surface area contributed by atoms with E-state index in [1.807, 2.05) is 30.3 Å². The molecule has 99 valence electrons. The van der Waals surface area contributed by atoms with Gasteiger partial charge in [0.1, 0.15) is 0 Å². The number of hydrogen-bond acceptors (Lipinski definition) is 3. The number of pyridine rings is 1. The van der Waals surface area contributed by atoms with Gasteiger partial charge in [0.2, 0.25) is 0 Å². The molecule has 0 bridgehead atoms. The first kappa shape index (κ1) is 13.4. The zero-order chi connectivity index (χ0) is 13.5. The van der Waals surface area contributed by atoms with Crippen LogP contribution in [0.1, 0.15) is 31.7 Å². The van der Waals surface area contributed by atoms with E-state index in [9.17, 15) is 0 Å². The summed E-state index contributed by atoms with van der Waals surface area (Å²) in [5.74, 6) is 0.707. The number of aromatic nitrogens is 1. The van der Waals surface area contributed by atoms with Crippen molar-refractivity contribution in [1.29, 1.82) is 0 Å². The molecule has 0 unspecified atom stereocenters. The Balaban J connectivity index is 2.13. The molecule has 2 aromatic rings. The third kappa shape index (κ3) is 3.71. The number of para-hydroxylation sites is 1. The minimum Gasteiger partial charge on any atom is -0.396 e. The van der Waals surface area contributed by atoms with Crippen LogP contribution in [0.15, 0.2) is 42.6 Å². The second-order valence-corrected chi connectivity index (χ2v) is 4.50. The SMILES string of the molecule is CCCC[CH]c1ccccc1Nc1ncccc1N. The van der Waals surface area contributed by atoms with Crippen molar-refractivity contribution in [2.45, 2.75) is 26.2 Å². The summed E-state index contributed by atoms with van der Waals surface area (Å²) in [4.78, 5) is 4.26. The summed E-state index contributed by atoms with van der Waals surface area (Å²) >= 11 is 0. The molecule has 0 spiro atoms. The topological polar surface area (TPSA) is 50.9 Å². The second-order valence-electron chi connectivity index (χ2n) is 4.50. The van der Waals surface area contributed by atoms with E-state index in [2.05, 4.69) is 29.7 Å². The van der Waals surface area contributed by atoms with E-state index < -0.39 is 0 Å². The zero-order valence-electron chi connectivity index (χ0n) is 11.3. The number of nitrogens with two attached hydrogens (primary N) is 1. The van der Waals surface area contributed by atoms with Gasteiger partial charge in [-0.05, 0) is 36.6 Å². The molecule has 3 heteroatoms. The first-order valence-electron chi connectivity index (χ1n) is 6.71. The van der Waals surface area contributed by atoms with Crippen LogP contribution in [0.3, 0.4) is 0 Å². The van der Waals surface area contributed by atoms with Gasteiger partial charge in [0, 0.05) is 11.9 Å². The van der Waals surface area contributed by atoms with Crippen molar-refractivity contribution in [2.24, 2.45) is 0 Å². The van der Waals surface area contributed by atoms with Gasteiger partial charge in [-0.3, -0.25) is 0 Å². The molecule has 2 rings (SSSR count). The molecule has 3 N–H and O–H groups in total. The van der Waals surface area contributed by atoms with Crippen LogP contribution in [0.4, 0.5) is 17.2 Å². The maximum Gasteiger partial charge on any atom is 0.153 e. The summed E-state index contributed by atoms with van der Waals surface area (Å²) < 4.78 is 0. The molecule has 0 aliphatic rings. The predicted molar refractivity (Wildman–Crippen MR) is 81.3 cm³/mol. The molecular formula is C16H20N3. The fourth-order valence-electron chi connectivity index (χ4n) is 1.90. The first-order valence-corrected chi connectivity index (χ1v) is 6.71. The van der Waals surface area contributed by atoms with Crippen LogP contribution in [0.5, 0.6) is 0 Å². The lowest BCUT2D eigenvalue weighted by Crippen LogP contribution is -2.00. The third-order valence-corrected chi connectivity index (χ3v) is 2.97. The highest BCUT2D eigenvalue weighted by atomic mass is 15.0. The molecule has 0 amide bonds. The van der Waals surface area contributed by atoms with Gasteiger partial charge in [-0.15, -0.1) is 0 Å². The fraction of sp³-hybridized carbons (Fsp3) is 0.250. The zero-order valence-corrected chi connectivity index (χ0v) is 11.3. The van der Waals surface area contributed by atoms with Crippen LogP contribution in [-0.4, -0.2) is 4.98 Å². The molecule has 0 saturated heterocycles. The van der Waals surface area contributed by atoms with Gasteiger partial charge in [0.05, 0.1) is 5.69 Å². The fourth-order valence-corrected chi connectivity index (χ4v) is 1.90. The molecular weight excluding hydrogens is 234 g/mol. The largest absolute Gasteiger partial charge is 0.396 e. The third-order valence-electron chi connectivity index (χ3n) is 2.97. The summed E-state index contributed by atoms with van der Waals surface area (Å²) in [6.07, 6.45) is 7.50. The molecule has 0 atom stereocenters. The molecule has 1 heterocycles. The van der Waals surface area contributed by atoms with E-state index in [0.717, 1.165) is 12.1 Å². The van der Waals surface area contributed by atoms with Gasteiger partial charge >= 0.3 is 0 Å². The van der Waals surface area contributed by atoms with Gasteiger partial charge in [-0.1, -0.05) is 38.0 Å². The summed E-state index contributed by atoms with van der Waals surface area (Å²) in [6.45, 7) is 2.20. The number of rotatable bonds is 6. The van der Waals surface area contributed by atoms with Gasteiger partial charge in [-0.2, -0.15) is 0 Å². The van der Waals surface area contributed by atoms with Gasteiger partial charge in [0.25, 0.3) is 0 Å². The van der Waals surface area contributed by atoms with Crippen molar-refractivity contribution in [2.75, 3.05) is 11.1 Å². The van der Waals surface area contributed by atoms with Crippen LogP contribution >= 0.6 is 0 Å². The molecule has 0 fully saturated rings. The van der Waals surface area contributed by atoms with Crippen LogP contribution < -0.4 is 11.1 Å². The molecule has 0 saturated carbocycles. The number of benzene rings is 1. The molecule has 19 heavy (non-hydrogen) atoms. The average Bonchev–Trinajstić information content (AvgIpc) is 2.43. The molecule has 3 nitrogen and oxygen atoms in total. The first-order chi connectivity index (χ1) is 9.31. The molecule has 0 aliphatic heterocycles. The summed E-state index contributed by atoms with van der Waals surface area (Å²) in [5.41, 5.74) is 8.80. The minimum absolute atomic E-state index is 0.658. The maximum atomic E-state index is 5.90. The number of nitrogen functional groups attached to an aromatic ring is 1. The number of nitrogens with one attached hydrogen (secondary N) is 1. The number of nitrogens with zero attached hydrogens (tertiary/aromatic N) is 1. The quantitative estimate of drug-likeness (QED) is 0.761. The minimum atomic E-state index is 0.658. The highest BCUT2D eigenvalue weighted by Gasteiger charge is 2.05. The van der Waals surface area contributed by atoms with Crippen LogP contribution in [0.2, 0.25) is 0 Å². The monoisotopic (exact) mass is 254 g/mol. The standard InChI is InChI=1S/C16H20N3/c1-2-3-4-8-13-9-5-6-11-15(13)19-16-14(17)10-7-12-18-16/h5-12H,2-4,17H2,1H3,(H,18,19). The van der Waals surface area contributed by atoms with Gasteiger partial charge in [0.15, 0.2) is 5.82 Å². The van der Waals surface area contributed by atoms with E-state index in [0.29, 0.717) is 11.5 Å². The molecule has 1 aromatic carbocycles. The number of hydrogen-bond donors (Lipinski definition) is 2. The Kier molecular flexibility index (Phi) is 4.78. The highest BCUT2D eigenvalue weighted by Crippen LogP contribution is 2.25. The summed E-state index contributed by atoms with van der Waals surface area (Å²) in [5, 5.41) is 3.30. The lowest BCUT2D eigenvalue weighted by Gasteiger charge is -2.12. The van der Waals surface area contributed by atoms with Crippen molar-refractivity contribution >= 4 is 17.2 Å². The Morgan fingerprint density at radius 1 is 1.21 bits per heavy atom. The molecule has 1 radical (unpaired) electrons. The van der Waals surface area contributed by atoms with E-state index in [-0.39, 0.29) is 0 Å². The van der Waals surface area contributed by atoms with Crippen LogP contribution in [-0.2, 0) is 0 Å². The van der Waals surface area contributed by atoms with Crippen LogP contribution in [0, 0.1) is 6.42 Å². The second kappa shape index (κ2) is 6.78. The van der Waals surface area contributed by atoms with Gasteiger partial charge < -0.3 is 11.1 Å².